The number of hydrogen-bond donors (Lipinski definition) is 0. The third-order valence-corrected chi connectivity index (χ3v) is 14.2. The van der Waals surface area contributed by atoms with Gasteiger partial charge >= 0.3 is 5.97 Å². The minimum Gasteiger partial charge on any atom is -0.494 e. The summed E-state index contributed by atoms with van der Waals surface area (Å²) in [6.07, 6.45) is 12.5. The summed E-state index contributed by atoms with van der Waals surface area (Å²) < 4.78 is 17.9. The summed E-state index contributed by atoms with van der Waals surface area (Å²) in [5, 5.41) is -0.632. The van der Waals surface area contributed by atoms with Crippen LogP contribution in [0.2, 0.25) is 38.8 Å². The van der Waals surface area contributed by atoms with Gasteiger partial charge in [0, 0.05) is 0 Å². The van der Waals surface area contributed by atoms with Crippen LogP contribution in [-0.2, 0) is 8.91 Å². The number of ether oxygens (including phenoxy) is 2. The molecule has 0 saturated carbocycles. The van der Waals surface area contributed by atoms with Gasteiger partial charge in [-0.15, -0.1) is 11.6 Å². The first kappa shape index (κ1) is 35.6. The minimum absolute atomic E-state index is 0.0779. The largest absolute Gasteiger partial charge is 0.494 e. The highest BCUT2D eigenvalue weighted by atomic mass is 35.5. The molecule has 0 spiro atoms. The Labute approximate surface area is 257 Å². The first-order chi connectivity index (χ1) is 19.4. The van der Waals surface area contributed by atoms with Crippen molar-refractivity contribution in [2.75, 3.05) is 6.61 Å². The number of unbranched alkanes of at least 4 members (excludes halogenated alkanes) is 8. The molecule has 0 aliphatic carbocycles. The average Bonchev–Trinajstić information content (AvgIpc) is 2.92. The van der Waals surface area contributed by atoms with Gasteiger partial charge in [-0.1, -0.05) is 95.9 Å². The van der Waals surface area contributed by atoms with E-state index in [-0.39, 0.29) is 5.92 Å². The van der Waals surface area contributed by atoms with Crippen molar-refractivity contribution in [2.24, 2.45) is 5.92 Å². The van der Waals surface area contributed by atoms with Gasteiger partial charge in [-0.25, -0.2) is 0 Å². The molecule has 2 aromatic rings. The van der Waals surface area contributed by atoms with Crippen molar-refractivity contribution in [3.05, 3.63) is 48.5 Å². The molecule has 230 valence electrons. The molecule has 0 radical (unpaired) electrons. The summed E-state index contributed by atoms with van der Waals surface area (Å²) in [6.45, 7) is 16.4. The maximum Gasteiger partial charge on any atom is 0.329 e. The predicted octanol–water partition coefficient (Wildman–Crippen LogP) is 10.9. The minimum atomic E-state index is -1.46. The number of carbonyl (C=O) groups excluding carboxylic acids is 1. The number of rotatable bonds is 20. The van der Waals surface area contributed by atoms with Gasteiger partial charge in [0.05, 0.1) is 6.61 Å². The molecule has 0 amide bonds. The van der Waals surface area contributed by atoms with E-state index in [4.69, 9.17) is 25.2 Å². The molecule has 2 aromatic carbocycles. The standard InChI is InChI=1S/C34H55ClO4Si2/c1-8-28(2)33(35)34(36)38-32-24-20-30(21-25-32)29-18-22-31(23-19-29)37-26-16-14-12-10-9-11-13-15-17-27-41(6,7)39-40(3,4)5/h18-25,28,33H,8-17,26-27H2,1-7H3. The maximum absolute atomic E-state index is 12.2. The molecule has 2 rings (SSSR count). The Balaban J connectivity index is 1.55. The molecule has 0 aliphatic heterocycles. The Morgan fingerprint density at radius 3 is 1.68 bits per heavy atom. The fourth-order valence-electron chi connectivity index (χ4n) is 5.03. The summed E-state index contributed by atoms with van der Waals surface area (Å²) in [5.41, 5.74) is 2.15. The second-order valence-corrected chi connectivity index (χ2v) is 22.5. The molecular weight excluding hydrogens is 564 g/mol. The zero-order chi connectivity index (χ0) is 30.3. The SMILES string of the molecule is CCC(C)C(Cl)C(=O)Oc1ccc(-c2ccc(OCCCCCCCCCCC[Si](C)(C)O[Si](C)(C)C)cc2)cc1. The Morgan fingerprint density at radius 2 is 1.20 bits per heavy atom. The second kappa shape index (κ2) is 18.1. The quantitative estimate of drug-likeness (QED) is 0.0486. The van der Waals surface area contributed by atoms with Crippen molar-refractivity contribution in [1.82, 2.24) is 0 Å². The van der Waals surface area contributed by atoms with E-state index in [0.717, 1.165) is 36.3 Å². The summed E-state index contributed by atoms with van der Waals surface area (Å²) in [6, 6.07) is 17.0. The summed E-state index contributed by atoms with van der Waals surface area (Å²) in [5.74, 6) is 1.09. The molecule has 4 nitrogen and oxygen atoms in total. The topological polar surface area (TPSA) is 44.8 Å². The van der Waals surface area contributed by atoms with E-state index < -0.39 is 28.0 Å². The third kappa shape index (κ3) is 14.9. The van der Waals surface area contributed by atoms with Crippen molar-refractivity contribution in [1.29, 1.82) is 0 Å². The fourth-order valence-corrected chi connectivity index (χ4v) is 13.4. The van der Waals surface area contributed by atoms with Crippen LogP contribution < -0.4 is 9.47 Å². The van der Waals surface area contributed by atoms with Crippen LogP contribution in [0.5, 0.6) is 11.5 Å². The van der Waals surface area contributed by atoms with E-state index >= 15 is 0 Å². The van der Waals surface area contributed by atoms with Crippen molar-refractivity contribution in [2.45, 2.75) is 122 Å². The zero-order valence-electron chi connectivity index (χ0n) is 26.8. The lowest BCUT2D eigenvalue weighted by molar-refractivity contribution is -0.134. The summed E-state index contributed by atoms with van der Waals surface area (Å²) >= 11 is 6.20. The van der Waals surface area contributed by atoms with Gasteiger partial charge in [-0.05, 0) is 86.5 Å². The second-order valence-electron chi connectivity index (χ2n) is 13.0. The summed E-state index contributed by atoms with van der Waals surface area (Å²) in [7, 11) is -2.86. The molecule has 41 heavy (non-hydrogen) atoms. The average molecular weight is 619 g/mol. The Bertz CT molecular complexity index is 1000. The predicted molar refractivity (Wildman–Crippen MR) is 180 cm³/mol. The number of benzene rings is 2. The fraction of sp³-hybridized carbons (Fsp3) is 0.618. The van der Waals surface area contributed by atoms with Crippen LogP contribution in [0.4, 0.5) is 0 Å². The van der Waals surface area contributed by atoms with Crippen molar-refractivity contribution in [3.8, 4) is 22.6 Å². The number of hydrogen-bond acceptors (Lipinski definition) is 4. The smallest absolute Gasteiger partial charge is 0.329 e. The molecule has 2 unspecified atom stereocenters. The van der Waals surface area contributed by atoms with Gasteiger partial charge in [0.1, 0.15) is 16.9 Å². The highest BCUT2D eigenvalue weighted by Gasteiger charge is 2.28. The van der Waals surface area contributed by atoms with Gasteiger partial charge in [-0.2, -0.15) is 0 Å². The summed E-state index contributed by atoms with van der Waals surface area (Å²) in [4.78, 5) is 12.2. The van der Waals surface area contributed by atoms with Gasteiger partial charge in [0.25, 0.3) is 0 Å². The van der Waals surface area contributed by atoms with E-state index in [1.165, 1.54) is 57.4 Å². The molecule has 0 N–H and O–H groups in total. The maximum atomic E-state index is 12.2. The first-order valence-electron chi connectivity index (χ1n) is 15.8. The monoisotopic (exact) mass is 618 g/mol. The molecule has 0 bridgehead atoms. The third-order valence-electron chi connectivity index (χ3n) is 7.40. The highest BCUT2D eigenvalue weighted by Crippen LogP contribution is 2.26. The Hall–Kier alpha value is -1.61. The van der Waals surface area contributed by atoms with Gasteiger partial charge in [0.2, 0.25) is 0 Å². The number of carbonyl (C=O) groups is 1. The van der Waals surface area contributed by atoms with Crippen LogP contribution in [0.1, 0.15) is 78.1 Å². The van der Waals surface area contributed by atoms with Gasteiger partial charge in [0.15, 0.2) is 16.6 Å². The molecule has 0 aliphatic rings. The first-order valence-corrected chi connectivity index (χ1v) is 22.8. The van der Waals surface area contributed by atoms with Crippen LogP contribution in [-0.4, -0.2) is 34.6 Å². The lowest BCUT2D eigenvalue weighted by atomic mass is 10.0. The number of esters is 1. The van der Waals surface area contributed by atoms with Crippen LogP contribution in [0.15, 0.2) is 48.5 Å². The molecule has 0 saturated heterocycles. The lowest BCUT2D eigenvalue weighted by Gasteiger charge is -2.31. The van der Waals surface area contributed by atoms with Crippen molar-refractivity contribution >= 4 is 34.2 Å². The molecule has 0 fully saturated rings. The molecule has 0 aromatic heterocycles. The van der Waals surface area contributed by atoms with Crippen LogP contribution in [0.25, 0.3) is 11.1 Å². The Kier molecular flexibility index (Phi) is 15.8. The van der Waals surface area contributed by atoms with E-state index in [0.29, 0.717) is 5.75 Å². The molecule has 7 heteroatoms. The molecular formula is C34H55ClO4Si2. The van der Waals surface area contributed by atoms with Gasteiger partial charge < -0.3 is 13.6 Å². The van der Waals surface area contributed by atoms with E-state index in [1.54, 1.807) is 0 Å². The van der Waals surface area contributed by atoms with E-state index in [1.807, 2.05) is 50.2 Å². The lowest BCUT2D eigenvalue weighted by Crippen LogP contribution is -2.42. The van der Waals surface area contributed by atoms with E-state index in [2.05, 4.69) is 44.9 Å². The highest BCUT2D eigenvalue weighted by molar-refractivity contribution is 6.84. The number of alkyl halides is 1. The Morgan fingerprint density at radius 1 is 0.732 bits per heavy atom. The molecule has 0 heterocycles. The van der Waals surface area contributed by atoms with Crippen LogP contribution in [0.3, 0.4) is 0 Å². The normalized spacial score (nSPS) is 13.6. The van der Waals surface area contributed by atoms with Crippen LogP contribution in [0, 0.1) is 5.92 Å². The number of halogens is 1. The van der Waals surface area contributed by atoms with Crippen molar-refractivity contribution in [3.63, 3.8) is 0 Å². The van der Waals surface area contributed by atoms with E-state index in [9.17, 15) is 4.79 Å². The van der Waals surface area contributed by atoms with Crippen LogP contribution >= 0.6 is 11.6 Å². The molecule has 2 atom stereocenters. The zero-order valence-corrected chi connectivity index (χ0v) is 29.5. The van der Waals surface area contributed by atoms with Crippen molar-refractivity contribution < 1.29 is 18.4 Å². The van der Waals surface area contributed by atoms with Gasteiger partial charge in [-0.3, -0.25) is 4.79 Å².